The van der Waals surface area contributed by atoms with E-state index in [1.807, 2.05) is 20.2 Å². The Hall–Kier alpha value is -1.08. The Morgan fingerprint density at radius 3 is 3.00 bits per heavy atom. The van der Waals surface area contributed by atoms with Crippen molar-refractivity contribution in [3.8, 4) is 0 Å². The number of carbonyl (C=O) groups is 1. The minimum absolute atomic E-state index is 0.0497. The molecule has 2 heterocycles. The van der Waals surface area contributed by atoms with Crippen molar-refractivity contribution in [3.63, 3.8) is 0 Å². The molecule has 19 heavy (non-hydrogen) atoms. The van der Waals surface area contributed by atoms with Crippen molar-refractivity contribution in [1.29, 1.82) is 0 Å². The van der Waals surface area contributed by atoms with Crippen molar-refractivity contribution in [1.82, 2.24) is 19.5 Å². The molecule has 0 unspecified atom stereocenters. The molecule has 0 bridgehead atoms. The van der Waals surface area contributed by atoms with Gasteiger partial charge in [-0.25, -0.2) is 9.50 Å². The number of hydrogen-bond donors (Lipinski definition) is 0. The van der Waals surface area contributed by atoms with Gasteiger partial charge >= 0.3 is 0 Å². The molecule has 0 aromatic carbocycles. The number of nitrogens with zero attached hydrogens (tertiary/aromatic N) is 4. The fourth-order valence-corrected chi connectivity index (χ4v) is 2.75. The highest BCUT2D eigenvalue weighted by molar-refractivity contribution is 9.10. The van der Waals surface area contributed by atoms with Crippen LogP contribution in [0.4, 0.5) is 0 Å². The molecule has 2 aromatic rings. The Labute approximate surface area is 124 Å². The second-order valence-electron chi connectivity index (χ2n) is 4.32. The summed E-state index contributed by atoms with van der Waals surface area (Å²) >= 11 is 5.05. The second kappa shape index (κ2) is 5.92. The lowest BCUT2D eigenvalue weighted by molar-refractivity contribution is 0.0759. The van der Waals surface area contributed by atoms with Crippen LogP contribution in [0.5, 0.6) is 0 Å². The van der Waals surface area contributed by atoms with E-state index < -0.39 is 0 Å². The van der Waals surface area contributed by atoms with E-state index in [-0.39, 0.29) is 11.9 Å². The van der Waals surface area contributed by atoms with Gasteiger partial charge in [-0.3, -0.25) is 4.79 Å². The van der Waals surface area contributed by atoms with E-state index in [1.54, 1.807) is 39.8 Å². The van der Waals surface area contributed by atoms with Crippen LogP contribution in [0.2, 0.25) is 0 Å². The molecule has 1 atom stereocenters. The molecule has 102 valence electrons. The summed E-state index contributed by atoms with van der Waals surface area (Å²) in [5, 5.41) is 4.16. The number of hydrogen-bond acceptors (Lipinski definition) is 4. The van der Waals surface area contributed by atoms with E-state index in [0.717, 1.165) is 10.2 Å². The SMILES string of the molecule is CSC[C@H](C)N(C)C(=O)c1cnn2cc(Br)cnc12. The average molecular weight is 343 g/mol. The normalized spacial score (nSPS) is 12.6. The molecular weight excluding hydrogens is 328 g/mol. The standard InChI is InChI=1S/C12H15BrN4OS/c1-8(7-19-3)16(2)12(18)10-5-15-17-6-9(13)4-14-11(10)17/h4-6,8H,7H2,1-3H3/t8-/m0/s1. The molecule has 2 rings (SSSR count). The highest BCUT2D eigenvalue weighted by Crippen LogP contribution is 2.15. The zero-order chi connectivity index (χ0) is 14.0. The van der Waals surface area contributed by atoms with Gasteiger partial charge in [-0.1, -0.05) is 0 Å². The lowest BCUT2D eigenvalue weighted by atomic mass is 10.2. The largest absolute Gasteiger partial charge is 0.338 e. The maximum atomic E-state index is 12.4. The molecule has 7 heteroatoms. The molecule has 0 aliphatic carbocycles. The fraction of sp³-hybridized carbons (Fsp3) is 0.417. The highest BCUT2D eigenvalue weighted by Gasteiger charge is 2.21. The van der Waals surface area contributed by atoms with Gasteiger partial charge in [0.25, 0.3) is 5.91 Å². The number of fused-ring (bicyclic) bond motifs is 1. The minimum Gasteiger partial charge on any atom is -0.338 e. The molecule has 1 amide bonds. The zero-order valence-corrected chi connectivity index (χ0v) is 13.4. The van der Waals surface area contributed by atoms with Crippen LogP contribution in [0.15, 0.2) is 23.1 Å². The Morgan fingerprint density at radius 1 is 1.58 bits per heavy atom. The number of halogens is 1. The van der Waals surface area contributed by atoms with E-state index in [0.29, 0.717) is 11.2 Å². The van der Waals surface area contributed by atoms with Crippen LogP contribution in [0.3, 0.4) is 0 Å². The van der Waals surface area contributed by atoms with E-state index in [9.17, 15) is 4.79 Å². The van der Waals surface area contributed by atoms with Gasteiger partial charge in [0.15, 0.2) is 5.65 Å². The first-order valence-corrected chi connectivity index (χ1v) is 7.98. The third-order valence-corrected chi connectivity index (χ3v) is 4.17. The van der Waals surface area contributed by atoms with E-state index >= 15 is 0 Å². The van der Waals surface area contributed by atoms with Gasteiger partial charge in [-0.05, 0) is 29.1 Å². The first kappa shape index (κ1) is 14.3. The maximum absolute atomic E-state index is 12.4. The molecule has 0 radical (unpaired) electrons. The Morgan fingerprint density at radius 2 is 2.32 bits per heavy atom. The maximum Gasteiger partial charge on any atom is 0.259 e. The molecule has 0 spiro atoms. The van der Waals surface area contributed by atoms with Crippen LogP contribution in [-0.4, -0.2) is 50.5 Å². The Bertz CT molecular complexity index is 600. The minimum atomic E-state index is -0.0497. The van der Waals surface area contributed by atoms with Gasteiger partial charge in [-0.15, -0.1) is 0 Å². The third-order valence-electron chi connectivity index (χ3n) is 2.94. The number of amides is 1. The van der Waals surface area contributed by atoms with Crippen molar-refractivity contribution < 1.29 is 4.79 Å². The van der Waals surface area contributed by atoms with E-state index in [1.165, 1.54) is 0 Å². The van der Waals surface area contributed by atoms with Crippen molar-refractivity contribution in [3.05, 3.63) is 28.6 Å². The Balaban J connectivity index is 2.31. The number of rotatable bonds is 4. The molecular formula is C12H15BrN4OS. The van der Waals surface area contributed by atoms with Crippen LogP contribution >= 0.6 is 27.7 Å². The molecule has 5 nitrogen and oxygen atoms in total. The summed E-state index contributed by atoms with van der Waals surface area (Å²) in [6.07, 6.45) is 7.05. The van der Waals surface area contributed by atoms with Crippen LogP contribution in [0.25, 0.3) is 5.65 Å². The van der Waals surface area contributed by atoms with Gasteiger partial charge < -0.3 is 4.90 Å². The van der Waals surface area contributed by atoms with E-state index in [2.05, 4.69) is 26.0 Å². The summed E-state index contributed by atoms with van der Waals surface area (Å²) in [6.45, 7) is 2.03. The van der Waals surface area contributed by atoms with Crippen molar-refractivity contribution in [2.75, 3.05) is 19.1 Å². The van der Waals surface area contributed by atoms with Gasteiger partial charge in [0.05, 0.1) is 10.7 Å². The smallest absolute Gasteiger partial charge is 0.259 e. The molecule has 0 saturated carbocycles. The summed E-state index contributed by atoms with van der Waals surface area (Å²) in [6, 6.07) is 0.174. The molecule has 0 aliphatic rings. The zero-order valence-electron chi connectivity index (χ0n) is 11.0. The van der Waals surface area contributed by atoms with Crippen LogP contribution < -0.4 is 0 Å². The lowest BCUT2D eigenvalue weighted by Crippen LogP contribution is -2.36. The van der Waals surface area contributed by atoms with Gasteiger partial charge in [0, 0.05) is 31.2 Å². The summed E-state index contributed by atoms with van der Waals surface area (Å²) < 4.78 is 2.43. The highest BCUT2D eigenvalue weighted by atomic mass is 79.9. The predicted octanol–water partition coefficient (Wildman–Crippen LogP) is 2.32. The summed E-state index contributed by atoms with van der Waals surface area (Å²) in [7, 11) is 1.81. The second-order valence-corrected chi connectivity index (χ2v) is 6.15. The van der Waals surface area contributed by atoms with Gasteiger partial charge in [0.1, 0.15) is 5.56 Å². The summed E-state index contributed by atoms with van der Waals surface area (Å²) in [5.74, 6) is 0.854. The first-order valence-electron chi connectivity index (χ1n) is 5.79. The molecule has 0 N–H and O–H groups in total. The lowest BCUT2D eigenvalue weighted by Gasteiger charge is -2.23. The molecule has 2 aromatic heterocycles. The van der Waals surface area contributed by atoms with Gasteiger partial charge in [-0.2, -0.15) is 16.9 Å². The fourth-order valence-electron chi connectivity index (χ4n) is 1.75. The van der Waals surface area contributed by atoms with E-state index in [4.69, 9.17) is 0 Å². The molecule has 0 aliphatic heterocycles. The monoisotopic (exact) mass is 342 g/mol. The summed E-state index contributed by atoms with van der Waals surface area (Å²) in [5.41, 5.74) is 1.11. The first-order chi connectivity index (χ1) is 9.04. The Kier molecular flexibility index (Phi) is 4.46. The third kappa shape index (κ3) is 2.92. The number of aromatic nitrogens is 3. The summed E-state index contributed by atoms with van der Waals surface area (Å²) in [4.78, 5) is 18.4. The van der Waals surface area contributed by atoms with Gasteiger partial charge in [0.2, 0.25) is 0 Å². The van der Waals surface area contributed by atoms with Crippen LogP contribution in [0, 0.1) is 0 Å². The van der Waals surface area contributed by atoms with Crippen molar-refractivity contribution >= 4 is 39.2 Å². The van der Waals surface area contributed by atoms with Crippen molar-refractivity contribution in [2.45, 2.75) is 13.0 Å². The van der Waals surface area contributed by atoms with Crippen LogP contribution in [-0.2, 0) is 0 Å². The average Bonchev–Trinajstić information content (AvgIpc) is 2.80. The number of carbonyl (C=O) groups excluding carboxylic acids is 1. The number of thioether (sulfide) groups is 1. The molecule has 0 fully saturated rings. The topological polar surface area (TPSA) is 50.5 Å². The molecule has 0 saturated heterocycles. The van der Waals surface area contributed by atoms with Crippen molar-refractivity contribution in [2.24, 2.45) is 0 Å². The predicted molar refractivity (Wildman–Crippen MR) is 80.6 cm³/mol. The quantitative estimate of drug-likeness (QED) is 0.855. The van der Waals surface area contributed by atoms with Crippen LogP contribution in [0.1, 0.15) is 17.3 Å².